The quantitative estimate of drug-likeness (QED) is 0.473. The van der Waals surface area contributed by atoms with Gasteiger partial charge in [-0.15, -0.1) is 11.3 Å². The van der Waals surface area contributed by atoms with Gasteiger partial charge in [-0.3, -0.25) is 4.79 Å². The molecular formula is C26H36N2O2S. The lowest BCUT2D eigenvalue weighted by Crippen LogP contribution is -2.38. The summed E-state index contributed by atoms with van der Waals surface area (Å²) in [7, 11) is 1.67. The van der Waals surface area contributed by atoms with Crippen LogP contribution in [0.4, 0.5) is 0 Å². The Morgan fingerprint density at radius 1 is 1.35 bits per heavy atom. The molecule has 1 aromatic heterocycles. The highest BCUT2D eigenvalue weighted by Crippen LogP contribution is 2.47. The predicted molar refractivity (Wildman–Crippen MR) is 129 cm³/mol. The van der Waals surface area contributed by atoms with Crippen molar-refractivity contribution in [1.29, 1.82) is 0 Å². The van der Waals surface area contributed by atoms with Crippen LogP contribution in [-0.4, -0.2) is 28.9 Å². The Labute approximate surface area is 191 Å². The third kappa shape index (κ3) is 4.87. The highest BCUT2D eigenvalue weighted by Gasteiger charge is 2.46. The normalized spacial score (nSPS) is 21.5. The Morgan fingerprint density at radius 3 is 2.58 bits per heavy atom. The van der Waals surface area contributed by atoms with E-state index in [4.69, 9.17) is 4.74 Å². The minimum absolute atomic E-state index is 0.0494. The Morgan fingerprint density at radius 2 is 2.06 bits per heavy atom. The molecule has 3 rings (SSSR count). The van der Waals surface area contributed by atoms with Crippen LogP contribution in [-0.2, 0) is 5.41 Å². The fraction of sp³-hybridized carbons (Fsp3) is 0.538. The number of hydrogen-bond donors (Lipinski definition) is 0. The molecule has 3 atom stereocenters. The van der Waals surface area contributed by atoms with Gasteiger partial charge in [0.25, 0.3) is 5.91 Å². The third-order valence-corrected chi connectivity index (χ3v) is 7.02. The molecule has 1 aromatic carbocycles. The van der Waals surface area contributed by atoms with E-state index in [-0.39, 0.29) is 29.3 Å². The summed E-state index contributed by atoms with van der Waals surface area (Å²) in [4.78, 5) is 20.7. The van der Waals surface area contributed by atoms with E-state index in [9.17, 15) is 4.79 Å². The van der Waals surface area contributed by atoms with Gasteiger partial charge in [0.2, 0.25) is 0 Å². The second kappa shape index (κ2) is 9.15. The van der Waals surface area contributed by atoms with Crippen LogP contribution in [0.1, 0.15) is 81.4 Å². The van der Waals surface area contributed by atoms with E-state index in [1.54, 1.807) is 18.4 Å². The topological polar surface area (TPSA) is 42.4 Å². The highest BCUT2D eigenvalue weighted by atomic mass is 32.1. The summed E-state index contributed by atoms with van der Waals surface area (Å²) < 4.78 is 5.68. The number of amides is 1. The number of aromatic nitrogens is 1. The Hall–Kier alpha value is -2.14. The van der Waals surface area contributed by atoms with Gasteiger partial charge >= 0.3 is 0 Å². The number of hydrogen-bond acceptors (Lipinski definition) is 4. The third-order valence-electron chi connectivity index (χ3n) is 6.17. The first-order valence-corrected chi connectivity index (χ1v) is 12.0. The fourth-order valence-corrected chi connectivity index (χ4v) is 5.54. The number of nitrogens with zero attached hydrogens (tertiary/aromatic N) is 2. The van der Waals surface area contributed by atoms with Crippen LogP contribution in [0.5, 0.6) is 5.75 Å². The molecule has 2 heterocycles. The van der Waals surface area contributed by atoms with Gasteiger partial charge in [0, 0.05) is 29.1 Å². The summed E-state index contributed by atoms with van der Waals surface area (Å²) in [6, 6.07) is 5.99. The van der Waals surface area contributed by atoms with Gasteiger partial charge in [0.1, 0.15) is 10.8 Å². The minimum atomic E-state index is -0.0676. The van der Waals surface area contributed by atoms with E-state index in [0.29, 0.717) is 11.5 Å². The van der Waals surface area contributed by atoms with Crippen molar-refractivity contribution in [3.63, 3.8) is 0 Å². The van der Waals surface area contributed by atoms with Crippen molar-refractivity contribution in [2.75, 3.05) is 7.11 Å². The van der Waals surface area contributed by atoms with Crippen LogP contribution in [0.2, 0.25) is 0 Å². The molecule has 1 amide bonds. The molecule has 0 saturated carbocycles. The summed E-state index contributed by atoms with van der Waals surface area (Å²) in [6.45, 7) is 17.2. The maximum absolute atomic E-state index is 14.0. The Kier molecular flexibility index (Phi) is 6.95. The van der Waals surface area contributed by atoms with E-state index in [1.807, 2.05) is 29.8 Å². The number of methoxy groups -OCH3 is 1. The minimum Gasteiger partial charge on any atom is -0.496 e. The summed E-state index contributed by atoms with van der Waals surface area (Å²) in [5.74, 6) is 1.53. The summed E-state index contributed by atoms with van der Waals surface area (Å²) in [6.07, 6.45) is 3.73. The monoisotopic (exact) mass is 440 g/mol. The molecule has 2 unspecified atom stereocenters. The Bertz CT molecular complexity index is 927. The molecule has 5 heteroatoms. The zero-order chi connectivity index (χ0) is 22.9. The van der Waals surface area contributed by atoms with Gasteiger partial charge in [0.05, 0.1) is 13.2 Å². The van der Waals surface area contributed by atoms with Crippen molar-refractivity contribution in [2.45, 2.75) is 71.9 Å². The van der Waals surface area contributed by atoms with Crippen molar-refractivity contribution in [3.8, 4) is 5.75 Å². The second-order valence-corrected chi connectivity index (χ2v) is 11.1. The van der Waals surface area contributed by atoms with Crippen LogP contribution in [0.15, 0.2) is 41.9 Å². The van der Waals surface area contributed by atoms with Crippen molar-refractivity contribution >= 4 is 17.2 Å². The van der Waals surface area contributed by atoms with Gasteiger partial charge in [-0.05, 0) is 48.8 Å². The summed E-state index contributed by atoms with van der Waals surface area (Å²) in [5, 5.41) is 2.98. The maximum atomic E-state index is 14.0. The van der Waals surface area contributed by atoms with Gasteiger partial charge in [-0.25, -0.2) is 4.98 Å². The van der Waals surface area contributed by atoms with E-state index < -0.39 is 0 Å². The largest absolute Gasteiger partial charge is 0.496 e. The van der Waals surface area contributed by atoms with Crippen molar-refractivity contribution in [3.05, 3.63) is 58.1 Å². The van der Waals surface area contributed by atoms with Gasteiger partial charge in [-0.1, -0.05) is 52.8 Å². The van der Waals surface area contributed by atoms with Crippen LogP contribution < -0.4 is 4.74 Å². The maximum Gasteiger partial charge on any atom is 0.254 e. The average Bonchev–Trinajstić information content (AvgIpc) is 3.33. The fourth-order valence-electron chi connectivity index (χ4n) is 4.74. The van der Waals surface area contributed by atoms with E-state index >= 15 is 0 Å². The number of thiazole rings is 1. The lowest BCUT2D eigenvalue weighted by atomic mass is 9.85. The molecule has 1 saturated heterocycles. The van der Waals surface area contributed by atoms with E-state index in [2.05, 4.69) is 58.0 Å². The van der Waals surface area contributed by atoms with Crippen LogP contribution in [0.3, 0.4) is 0 Å². The first-order chi connectivity index (χ1) is 14.5. The number of carbonyl (C=O) groups is 1. The zero-order valence-corrected chi connectivity index (χ0v) is 20.8. The molecule has 1 aliphatic heterocycles. The van der Waals surface area contributed by atoms with Gasteiger partial charge in [0.15, 0.2) is 0 Å². The number of ether oxygens (including phenoxy) is 1. The first-order valence-electron chi connectivity index (χ1n) is 11.1. The van der Waals surface area contributed by atoms with Crippen LogP contribution in [0, 0.1) is 11.8 Å². The molecule has 0 bridgehead atoms. The van der Waals surface area contributed by atoms with E-state index in [1.165, 1.54) is 0 Å². The molecule has 1 aliphatic rings. The second-order valence-electron chi connectivity index (χ2n) is 10.2. The van der Waals surface area contributed by atoms with Crippen LogP contribution >= 0.6 is 11.3 Å². The van der Waals surface area contributed by atoms with Crippen molar-refractivity contribution in [2.24, 2.45) is 11.8 Å². The van der Waals surface area contributed by atoms with Gasteiger partial charge in [-0.2, -0.15) is 0 Å². The highest BCUT2D eigenvalue weighted by molar-refractivity contribution is 7.09. The van der Waals surface area contributed by atoms with Crippen molar-refractivity contribution in [1.82, 2.24) is 9.88 Å². The molecule has 168 valence electrons. The molecule has 0 radical (unpaired) electrons. The molecule has 2 aromatic rings. The zero-order valence-electron chi connectivity index (χ0n) is 19.9. The van der Waals surface area contributed by atoms with Gasteiger partial charge < -0.3 is 9.64 Å². The predicted octanol–water partition coefficient (Wildman–Crippen LogP) is 6.64. The molecule has 1 fully saturated rings. The smallest absolute Gasteiger partial charge is 0.254 e. The lowest BCUT2D eigenvalue weighted by molar-refractivity contribution is 0.0636. The van der Waals surface area contributed by atoms with E-state index in [0.717, 1.165) is 34.7 Å². The first kappa shape index (κ1) is 23.5. The van der Waals surface area contributed by atoms with Crippen molar-refractivity contribution < 1.29 is 9.53 Å². The molecule has 31 heavy (non-hydrogen) atoms. The molecule has 0 N–H and O–H groups in total. The average molecular weight is 441 g/mol. The molecular weight excluding hydrogens is 404 g/mol. The van der Waals surface area contributed by atoms with Crippen LogP contribution in [0.25, 0.3) is 0 Å². The lowest BCUT2D eigenvalue weighted by Gasteiger charge is -2.32. The molecule has 4 nitrogen and oxygen atoms in total. The molecule has 0 spiro atoms. The number of benzene rings is 1. The molecule has 0 aliphatic carbocycles. The summed E-state index contributed by atoms with van der Waals surface area (Å²) >= 11 is 1.62. The number of rotatable bonds is 6. The SMILES string of the molecule is C=C(C)C1CC(CC(C)C)N(C(=O)c2ccc(C(C)(C)C)c(OC)c2)[C@H]1c1nccs1. The standard InChI is InChI=1S/C26H36N2O2S/c1-16(2)13-19-15-20(17(3)4)23(24-27-11-12-31-24)28(19)25(29)18-9-10-21(26(5,6)7)22(14-18)30-8/h9-12,14,16,19-20,23H,3,13,15H2,1-2,4-8H3/t19?,20?,23-/m1/s1. The number of carbonyl (C=O) groups excluding carboxylic acids is 1. The Balaban J connectivity index is 2.07. The summed E-state index contributed by atoms with van der Waals surface area (Å²) in [5.41, 5.74) is 2.82. The number of likely N-dealkylation sites (tertiary alicyclic amines) is 1.